The maximum atomic E-state index is 13.1. The topological polar surface area (TPSA) is 171 Å². The molecule has 11 atom stereocenters. The molecule has 0 radical (unpaired) electrons. The van der Waals surface area contributed by atoms with Crippen LogP contribution in [-0.2, 0) is 28.7 Å². The van der Waals surface area contributed by atoms with Gasteiger partial charge in [-0.15, -0.1) is 0 Å². The van der Waals surface area contributed by atoms with Gasteiger partial charge in [0.05, 0.1) is 17.8 Å². The minimum absolute atomic E-state index is 0.132. The van der Waals surface area contributed by atoms with Crippen LogP contribution < -0.4 is 0 Å². The molecule has 2 heterocycles. The third-order valence-electron chi connectivity index (χ3n) is 8.69. The van der Waals surface area contributed by atoms with Crippen LogP contribution in [0.4, 0.5) is 0 Å². The summed E-state index contributed by atoms with van der Waals surface area (Å²) in [7, 11) is 0. The number of carbonyl (C=O) groups excluding carboxylic acids is 3. The molecule has 5 aliphatic rings. The largest absolute Gasteiger partial charge is 0.479 e. The Bertz CT molecular complexity index is 850. The van der Waals surface area contributed by atoms with Gasteiger partial charge in [0.25, 0.3) is 0 Å². The number of esters is 1. The Morgan fingerprint density at radius 3 is 2.15 bits per heavy atom. The zero-order valence-corrected chi connectivity index (χ0v) is 18.7. The van der Waals surface area contributed by atoms with Crippen molar-refractivity contribution in [2.45, 2.75) is 75.7 Å². The lowest BCUT2D eigenvalue weighted by atomic mass is 9.79. The quantitative estimate of drug-likeness (QED) is 0.290. The van der Waals surface area contributed by atoms with Crippen molar-refractivity contribution < 1.29 is 49.1 Å². The van der Waals surface area contributed by atoms with Crippen LogP contribution in [-0.4, -0.2) is 86.3 Å². The number of amides is 2. The summed E-state index contributed by atoms with van der Waals surface area (Å²) in [5.41, 5.74) is 0. The van der Waals surface area contributed by atoms with Gasteiger partial charge in [0.1, 0.15) is 18.3 Å². The predicted octanol–water partition coefficient (Wildman–Crippen LogP) is -0.741. The number of fused-ring (bicyclic) bond motifs is 5. The number of carboxylic acid groups (broad SMARTS) is 1. The number of aliphatic hydroxyl groups excluding tert-OH is 3. The van der Waals surface area contributed by atoms with Crippen LogP contribution in [0, 0.1) is 35.5 Å². The predicted molar refractivity (Wildman–Crippen MR) is 110 cm³/mol. The number of hydrogen-bond donors (Lipinski definition) is 4. The lowest BCUT2D eigenvalue weighted by Crippen LogP contribution is -2.61. The lowest BCUT2D eigenvalue weighted by molar-refractivity contribution is -0.288. The second-order valence-electron chi connectivity index (χ2n) is 10.5. The van der Waals surface area contributed by atoms with Crippen LogP contribution in [0.2, 0.25) is 0 Å². The van der Waals surface area contributed by atoms with Crippen molar-refractivity contribution in [1.82, 2.24) is 4.90 Å². The van der Waals surface area contributed by atoms with Gasteiger partial charge in [-0.05, 0) is 49.9 Å². The number of aliphatic hydroxyl groups is 3. The number of hydrogen-bond acceptors (Lipinski definition) is 9. The molecule has 2 aliphatic heterocycles. The summed E-state index contributed by atoms with van der Waals surface area (Å²) in [5.74, 6) is -3.48. The Hall–Kier alpha value is -2.08. The molecule has 4 N–H and O–H groups in total. The van der Waals surface area contributed by atoms with E-state index in [0.717, 1.165) is 32.1 Å². The molecule has 5 fully saturated rings. The van der Waals surface area contributed by atoms with E-state index in [0.29, 0.717) is 12.8 Å². The highest BCUT2D eigenvalue weighted by atomic mass is 16.7. The van der Waals surface area contributed by atoms with Crippen LogP contribution in [0.5, 0.6) is 0 Å². The number of likely N-dealkylation sites (tertiary alicyclic amines) is 1. The summed E-state index contributed by atoms with van der Waals surface area (Å²) in [6, 6.07) is 0. The average Bonchev–Trinajstić information content (AvgIpc) is 3.49. The first-order valence-corrected chi connectivity index (χ1v) is 12.2. The summed E-state index contributed by atoms with van der Waals surface area (Å²) >= 11 is 0. The molecule has 3 saturated carbocycles. The van der Waals surface area contributed by atoms with Gasteiger partial charge in [-0.3, -0.25) is 19.3 Å². The van der Waals surface area contributed by atoms with Gasteiger partial charge in [-0.2, -0.15) is 0 Å². The SMILES string of the molecule is O=C(O)[C@H]1O[C@@H](OC(=O)[C@@H]2CCCC[C@H]2CN2C(=O)[C@@H]3[C@H]4CC[C@H](C4)[C@@H]3C2=O)[C@H](O)[C@@H](O)[C@@H]1O. The third-order valence-corrected chi connectivity index (χ3v) is 8.69. The van der Waals surface area contributed by atoms with Crippen molar-refractivity contribution in [3.63, 3.8) is 0 Å². The van der Waals surface area contributed by atoms with E-state index in [1.165, 1.54) is 4.90 Å². The highest BCUT2D eigenvalue weighted by Gasteiger charge is 2.61. The molecule has 5 rings (SSSR count). The number of carbonyl (C=O) groups is 4. The fourth-order valence-corrected chi connectivity index (χ4v) is 6.97. The average molecular weight is 481 g/mol. The van der Waals surface area contributed by atoms with E-state index in [4.69, 9.17) is 9.47 Å². The molecule has 2 amide bonds. The molecule has 34 heavy (non-hydrogen) atoms. The zero-order valence-electron chi connectivity index (χ0n) is 18.7. The first kappa shape index (κ1) is 23.7. The monoisotopic (exact) mass is 481 g/mol. The number of carboxylic acids is 1. The summed E-state index contributed by atoms with van der Waals surface area (Å²) in [5, 5.41) is 39.1. The Morgan fingerprint density at radius 2 is 1.53 bits per heavy atom. The first-order valence-electron chi connectivity index (χ1n) is 12.2. The van der Waals surface area contributed by atoms with E-state index in [9.17, 15) is 39.6 Å². The van der Waals surface area contributed by atoms with Crippen molar-refractivity contribution in [1.29, 1.82) is 0 Å². The second kappa shape index (κ2) is 8.85. The molecule has 188 valence electrons. The highest BCUT2D eigenvalue weighted by molar-refractivity contribution is 6.06. The fourth-order valence-electron chi connectivity index (χ4n) is 6.97. The third kappa shape index (κ3) is 3.73. The van der Waals surface area contributed by atoms with E-state index < -0.39 is 48.6 Å². The van der Waals surface area contributed by atoms with Crippen molar-refractivity contribution in [3.8, 4) is 0 Å². The summed E-state index contributed by atoms with van der Waals surface area (Å²) in [6.07, 6.45) is -3.66. The number of imide groups is 1. The summed E-state index contributed by atoms with van der Waals surface area (Å²) in [6.45, 7) is 0.136. The molecule has 2 saturated heterocycles. The number of nitrogens with zero attached hydrogens (tertiary/aromatic N) is 1. The first-order chi connectivity index (χ1) is 16.2. The molecule has 11 nitrogen and oxygen atoms in total. The van der Waals surface area contributed by atoms with Crippen molar-refractivity contribution in [3.05, 3.63) is 0 Å². The molecule has 0 unspecified atom stereocenters. The van der Waals surface area contributed by atoms with Gasteiger partial charge in [-0.25, -0.2) is 4.79 Å². The van der Waals surface area contributed by atoms with Gasteiger partial charge in [0, 0.05) is 6.54 Å². The molecule has 11 heteroatoms. The molecule has 0 aromatic heterocycles. The maximum absolute atomic E-state index is 13.1. The molecule has 0 aromatic carbocycles. The van der Waals surface area contributed by atoms with Crippen LogP contribution in [0.15, 0.2) is 0 Å². The van der Waals surface area contributed by atoms with Gasteiger partial charge in [0.2, 0.25) is 18.1 Å². The smallest absolute Gasteiger partial charge is 0.335 e. The molecular formula is C23H31NO10. The standard InChI is InChI=1S/C23H31NO10/c25-15-16(26)18(21(30)31)33-23(17(15)27)34-22(32)12-4-2-1-3-11(12)8-24-19(28)13-9-5-6-10(7-9)14(13)20(24)29/h9-18,23,25-27H,1-8H2,(H,30,31)/t9-,10+,11-,12+,13+,14-,15-,16-,17+,18-,23-/m0/s1. The molecule has 3 aliphatic carbocycles. The minimum Gasteiger partial charge on any atom is -0.479 e. The van der Waals surface area contributed by atoms with E-state index in [1.807, 2.05) is 0 Å². The summed E-state index contributed by atoms with van der Waals surface area (Å²) < 4.78 is 10.3. The Kier molecular flexibility index (Phi) is 6.16. The van der Waals surface area contributed by atoms with Crippen LogP contribution in [0.1, 0.15) is 44.9 Å². The number of ether oxygens (including phenoxy) is 2. The van der Waals surface area contributed by atoms with Gasteiger partial charge >= 0.3 is 11.9 Å². The van der Waals surface area contributed by atoms with E-state index in [-0.39, 0.29) is 47.9 Å². The molecule has 0 spiro atoms. The van der Waals surface area contributed by atoms with Crippen molar-refractivity contribution in [2.24, 2.45) is 35.5 Å². The van der Waals surface area contributed by atoms with Crippen LogP contribution in [0.25, 0.3) is 0 Å². The maximum Gasteiger partial charge on any atom is 0.335 e. The molecule has 0 aromatic rings. The molecule has 2 bridgehead atoms. The number of rotatable bonds is 5. The van der Waals surface area contributed by atoms with Crippen molar-refractivity contribution >= 4 is 23.8 Å². The lowest BCUT2D eigenvalue weighted by Gasteiger charge is -2.39. The normalized spacial score (nSPS) is 46.0. The highest BCUT2D eigenvalue weighted by Crippen LogP contribution is 2.56. The summed E-state index contributed by atoms with van der Waals surface area (Å²) in [4.78, 5) is 51.9. The Morgan fingerprint density at radius 1 is 0.912 bits per heavy atom. The Labute approximate surface area is 196 Å². The molecular weight excluding hydrogens is 450 g/mol. The van der Waals surface area contributed by atoms with Crippen LogP contribution >= 0.6 is 0 Å². The van der Waals surface area contributed by atoms with Gasteiger partial charge in [-0.1, -0.05) is 12.8 Å². The van der Waals surface area contributed by atoms with E-state index in [1.54, 1.807) is 0 Å². The zero-order chi connectivity index (χ0) is 24.3. The fraction of sp³-hybridized carbons (Fsp3) is 0.826. The van der Waals surface area contributed by atoms with Gasteiger partial charge in [0.15, 0.2) is 6.10 Å². The minimum atomic E-state index is -1.88. The Balaban J connectivity index is 1.27. The number of aliphatic carboxylic acids is 1. The second-order valence-corrected chi connectivity index (χ2v) is 10.5. The van der Waals surface area contributed by atoms with Crippen molar-refractivity contribution in [2.75, 3.05) is 6.54 Å². The van der Waals surface area contributed by atoms with E-state index >= 15 is 0 Å². The van der Waals surface area contributed by atoms with Crippen LogP contribution in [0.3, 0.4) is 0 Å². The van der Waals surface area contributed by atoms with Gasteiger partial charge < -0.3 is 29.9 Å². The van der Waals surface area contributed by atoms with E-state index in [2.05, 4.69) is 0 Å².